The molecule has 15 heteroatoms. The Balaban J connectivity index is 0.000000175. The van der Waals surface area contributed by atoms with Gasteiger partial charge in [0.25, 0.3) is 0 Å². The molecule has 0 spiro atoms. The van der Waals surface area contributed by atoms with Gasteiger partial charge in [-0.05, 0) is 122 Å². The number of halogens is 1. The summed E-state index contributed by atoms with van der Waals surface area (Å²) in [7, 11) is 4.34. The lowest BCUT2D eigenvalue weighted by molar-refractivity contribution is -0.112. The number of aromatic nitrogens is 4. The second kappa shape index (κ2) is 23.4. The zero-order valence-electron chi connectivity index (χ0n) is 39.9. The Labute approximate surface area is 419 Å². The van der Waals surface area contributed by atoms with Crippen molar-refractivity contribution in [1.29, 1.82) is 0 Å². The van der Waals surface area contributed by atoms with Crippen LogP contribution in [0, 0.1) is 0 Å². The van der Waals surface area contributed by atoms with E-state index < -0.39 is 5.24 Å². The van der Waals surface area contributed by atoms with Crippen LogP contribution >= 0.6 is 11.6 Å². The zero-order valence-corrected chi connectivity index (χ0v) is 40.7. The molecule has 2 fully saturated rings. The third-order valence-electron chi connectivity index (χ3n) is 12.2. The van der Waals surface area contributed by atoms with Crippen LogP contribution in [-0.4, -0.2) is 107 Å². The van der Waals surface area contributed by atoms with Gasteiger partial charge in [-0.15, -0.1) is 0 Å². The fraction of sp³-hybridized carbons (Fsp3) is 0.179. The van der Waals surface area contributed by atoms with Crippen molar-refractivity contribution < 1.29 is 9.59 Å². The molecular weight excluding hydrogens is 908 g/mol. The Morgan fingerprint density at radius 2 is 1.00 bits per heavy atom. The Hall–Kier alpha value is -8.17. The number of benzene rings is 6. The molecule has 2 aliphatic heterocycles. The minimum Gasteiger partial charge on any atom is -0.399 e. The summed E-state index contributed by atoms with van der Waals surface area (Å²) in [5.41, 5.74) is 17.6. The number of rotatable bonds is 11. The topological polar surface area (TPSA) is 161 Å². The molecule has 71 heavy (non-hydrogen) atoms. The summed E-state index contributed by atoms with van der Waals surface area (Å²) in [5.74, 6) is 0.872. The van der Waals surface area contributed by atoms with Crippen molar-refractivity contribution in [3.8, 4) is 22.3 Å². The van der Waals surface area contributed by atoms with Crippen molar-refractivity contribution in [1.82, 2.24) is 29.7 Å². The van der Waals surface area contributed by atoms with Gasteiger partial charge in [-0.2, -0.15) is 0 Å². The van der Waals surface area contributed by atoms with Crippen LogP contribution in [0.25, 0.3) is 44.1 Å². The molecule has 5 N–H and O–H groups in total. The van der Waals surface area contributed by atoms with E-state index in [0.717, 1.165) is 120 Å². The zero-order chi connectivity index (χ0) is 49.7. The molecule has 2 saturated heterocycles. The number of fused-ring (bicyclic) bond motifs is 2. The Kier molecular flexibility index (Phi) is 16.3. The second-order valence-electron chi connectivity index (χ2n) is 17.2. The van der Waals surface area contributed by atoms with E-state index in [2.05, 4.69) is 133 Å². The molecule has 0 bridgehead atoms. The van der Waals surface area contributed by atoms with Gasteiger partial charge in [-0.1, -0.05) is 73.8 Å². The summed E-state index contributed by atoms with van der Waals surface area (Å²) in [5, 5.41) is 10.9. The largest absolute Gasteiger partial charge is 0.399 e. The number of anilines is 8. The molecule has 0 saturated carbocycles. The molecule has 0 unspecified atom stereocenters. The van der Waals surface area contributed by atoms with Crippen LogP contribution in [-0.2, 0) is 9.59 Å². The third-order valence-corrected chi connectivity index (χ3v) is 12.3. The highest BCUT2D eigenvalue weighted by Crippen LogP contribution is 2.32. The van der Waals surface area contributed by atoms with Crippen LogP contribution in [0.4, 0.5) is 46.0 Å². The summed E-state index contributed by atoms with van der Waals surface area (Å²) in [4.78, 5) is 49.4. The Morgan fingerprint density at radius 1 is 0.563 bits per heavy atom. The normalized spacial score (nSPS) is 13.8. The lowest BCUT2D eigenvalue weighted by atomic mass is 10.0. The number of hydrogen-bond acceptors (Lipinski definition) is 13. The first-order chi connectivity index (χ1) is 34.5. The summed E-state index contributed by atoms with van der Waals surface area (Å²) >= 11 is 4.71. The maximum Gasteiger partial charge on any atom is 0.247 e. The average Bonchev–Trinajstić information content (AvgIpc) is 3.39. The molecule has 14 nitrogen and oxygen atoms in total. The molecule has 0 aliphatic carbocycles. The molecule has 0 atom stereocenters. The van der Waals surface area contributed by atoms with Gasteiger partial charge in [0.05, 0.1) is 11.0 Å². The molecule has 8 aromatic rings. The number of nitrogens with one attached hydrogen (secondary N) is 3. The molecular formula is C56H57ClN12O2. The number of nitrogens with two attached hydrogens (primary N) is 1. The highest BCUT2D eigenvalue weighted by atomic mass is 35.5. The first kappa shape index (κ1) is 49.3. The van der Waals surface area contributed by atoms with Crippen molar-refractivity contribution in [2.45, 2.75) is 0 Å². The van der Waals surface area contributed by atoms with E-state index in [1.807, 2.05) is 85.2 Å². The molecule has 2 aromatic heterocycles. The number of hydrogen-bond donors (Lipinski definition) is 4. The van der Waals surface area contributed by atoms with Crippen molar-refractivity contribution >= 4 is 90.6 Å². The van der Waals surface area contributed by atoms with E-state index in [0.29, 0.717) is 17.6 Å². The number of nitrogens with zero attached hydrogens (tertiary/aromatic N) is 8. The van der Waals surface area contributed by atoms with Gasteiger partial charge in [0.2, 0.25) is 23.0 Å². The molecule has 1 amide bonds. The average molecular weight is 966 g/mol. The first-order valence-electron chi connectivity index (χ1n) is 23.4. The Morgan fingerprint density at radius 3 is 1.44 bits per heavy atom. The van der Waals surface area contributed by atoms with Gasteiger partial charge in [-0.3, -0.25) is 9.59 Å². The second-order valence-corrected chi connectivity index (χ2v) is 17.6. The number of allylic oxidation sites excluding steroid dienone is 1. The van der Waals surface area contributed by atoms with Crippen molar-refractivity contribution in [2.75, 3.05) is 97.9 Å². The van der Waals surface area contributed by atoms with Crippen LogP contribution in [0.2, 0.25) is 0 Å². The van der Waals surface area contributed by atoms with E-state index in [1.165, 1.54) is 17.5 Å². The predicted molar refractivity (Wildman–Crippen MR) is 293 cm³/mol. The van der Waals surface area contributed by atoms with Gasteiger partial charge in [0.1, 0.15) is 0 Å². The minimum atomic E-state index is -0.509. The molecule has 6 aromatic carbocycles. The summed E-state index contributed by atoms with van der Waals surface area (Å²) < 4.78 is 0. The number of carbonyl (C=O) groups excluding carboxylic acids is 2. The highest BCUT2D eigenvalue weighted by Gasteiger charge is 2.16. The number of carbonyl (C=O) groups is 2. The van der Waals surface area contributed by atoms with Gasteiger partial charge in [-0.25, -0.2) is 19.9 Å². The SMILES string of the molecule is C=CC(=O)Cl.C=CC(=O)Nc1cccc(-c2cccc3cnc(Nc4ccc(N5CCN(C)CC5)cc4)nc23)c1.CN1CCN(c2ccc(Nc3ncc4cccc(-c5cccc(N)c5)c4n3)cc2)CC1. The summed E-state index contributed by atoms with van der Waals surface area (Å²) in [6.07, 6.45) is 5.99. The first-order valence-corrected chi connectivity index (χ1v) is 23.7. The van der Waals surface area contributed by atoms with E-state index in [-0.39, 0.29) is 5.91 Å². The van der Waals surface area contributed by atoms with Crippen LogP contribution in [0.5, 0.6) is 0 Å². The van der Waals surface area contributed by atoms with Crippen LogP contribution < -0.4 is 31.5 Å². The van der Waals surface area contributed by atoms with Crippen LogP contribution in [0.15, 0.2) is 171 Å². The Bertz CT molecular complexity index is 3130. The van der Waals surface area contributed by atoms with Gasteiger partial charge in [0, 0.05) is 121 Å². The molecule has 360 valence electrons. The molecule has 4 heterocycles. The minimum absolute atomic E-state index is 0.243. The fourth-order valence-electron chi connectivity index (χ4n) is 8.26. The standard InChI is InChI=1S/C28H28N6O.C25H26N6.C3H3ClO/c1-3-26(35)30-23-8-4-6-20(18-23)25-9-5-7-21-19-29-28(32-27(21)25)31-22-10-12-24(13-11-22)34-16-14-33(2)15-17-34;1-30-12-14-31(15-13-30)22-10-8-21(9-11-22)28-25-27-17-19-5-3-7-23(24(19)29-25)18-4-2-6-20(26)16-18;1-2-3(4)5/h3-13,18-19H,1,14-17H2,2H3,(H,30,35)(H,29,31,32);2-11,16-17H,12-15,26H2,1H3,(H,27,28,29);2H,1H2. The van der Waals surface area contributed by atoms with Crippen molar-refractivity contribution in [2.24, 2.45) is 0 Å². The smallest absolute Gasteiger partial charge is 0.247 e. The summed E-state index contributed by atoms with van der Waals surface area (Å²) in [6, 6.07) is 44.6. The van der Waals surface area contributed by atoms with Crippen molar-refractivity contribution in [3.63, 3.8) is 0 Å². The summed E-state index contributed by atoms with van der Waals surface area (Å²) in [6.45, 7) is 15.1. The van der Waals surface area contributed by atoms with Gasteiger partial charge < -0.3 is 41.3 Å². The van der Waals surface area contributed by atoms with E-state index in [9.17, 15) is 9.59 Å². The van der Waals surface area contributed by atoms with Crippen LogP contribution in [0.3, 0.4) is 0 Å². The van der Waals surface area contributed by atoms with Gasteiger partial charge in [0.15, 0.2) is 0 Å². The third kappa shape index (κ3) is 13.1. The van der Waals surface area contributed by atoms with Crippen LogP contribution in [0.1, 0.15) is 0 Å². The monoisotopic (exact) mass is 964 g/mol. The number of likely N-dealkylation sites (N-methyl/N-ethyl adjacent to an activating group) is 2. The number of nitrogen functional groups attached to an aromatic ring is 1. The predicted octanol–water partition coefficient (Wildman–Crippen LogP) is 10.2. The number of para-hydroxylation sites is 2. The number of piperazine rings is 2. The van der Waals surface area contributed by atoms with E-state index in [4.69, 9.17) is 27.3 Å². The lowest BCUT2D eigenvalue weighted by Gasteiger charge is -2.34. The fourth-order valence-corrected chi connectivity index (χ4v) is 8.26. The molecule has 10 rings (SSSR count). The quantitative estimate of drug-likeness (QED) is 0.0551. The lowest BCUT2D eigenvalue weighted by Crippen LogP contribution is -2.44. The molecule has 2 aliphatic rings. The van der Waals surface area contributed by atoms with E-state index in [1.54, 1.807) is 0 Å². The maximum atomic E-state index is 11.7. The van der Waals surface area contributed by atoms with E-state index >= 15 is 0 Å². The van der Waals surface area contributed by atoms with Gasteiger partial charge >= 0.3 is 0 Å². The molecule has 0 radical (unpaired) electrons. The van der Waals surface area contributed by atoms with Crippen molar-refractivity contribution in [3.05, 3.63) is 171 Å². The number of amides is 1. The highest BCUT2D eigenvalue weighted by molar-refractivity contribution is 6.66. The maximum absolute atomic E-state index is 11.7.